The van der Waals surface area contributed by atoms with Crippen molar-refractivity contribution in [3.63, 3.8) is 0 Å². The molecule has 0 saturated carbocycles. The van der Waals surface area contributed by atoms with Crippen LogP contribution in [-0.2, 0) is 89.1 Å². The topological polar surface area (TPSA) is 260 Å². The van der Waals surface area contributed by atoms with E-state index in [1.165, 1.54) is 12.0 Å². The quantitative estimate of drug-likeness (QED) is 0.0472. The zero-order valence-corrected chi connectivity index (χ0v) is 39.0. The second-order valence-corrected chi connectivity index (χ2v) is 17.1. The summed E-state index contributed by atoms with van der Waals surface area (Å²) in [5.74, 6) is -3.09. The summed E-state index contributed by atoms with van der Waals surface area (Å²) in [4.78, 5) is 57.4. The van der Waals surface area contributed by atoms with Crippen molar-refractivity contribution in [1.82, 2.24) is 4.90 Å². The number of hydrogen-bond donors (Lipinski definition) is 1. The molecule has 70 heavy (non-hydrogen) atoms. The predicted molar refractivity (Wildman–Crippen MR) is 237 cm³/mol. The smallest absolute Gasteiger partial charge is 0.411 e. The summed E-state index contributed by atoms with van der Waals surface area (Å²) in [6, 6.07) is 24.8. The first-order valence-corrected chi connectivity index (χ1v) is 23.0. The summed E-state index contributed by atoms with van der Waals surface area (Å²) >= 11 is 5.92. The molecule has 0 aliphatic carbocycles. The lowest BCUT2D eigenvalue weighted by Gasteiger charge is -2.51. The van der Waals surface area contributed by atoms with Gasteiger partial charge in [-0.2, -0.15) is 0 Å². The molecule has 0 bridgehead atoms. The van der Waals surface area contributed by atoms with Gasteiger partial charge in [0.1, 0.15) is 54.6 Å². The van der Waals surface area contributed by atoms with Gasteiger partial charge in [0.15, 0.2) is 49.6 Å². The van der Waals surface area contributed by atoms with Crippen molar-refractivity contribution in [2.75, 3.05) is 32.8 Å². The fraction of sp³-hybridized carbons (Fsp3) is 0.532. The van der Waals surface area contributed by atoms with Gasteiger partial charge in [0.25, 0.3) is 0 Å². The molecule has 3 aromatic rings. The Bertz CT molecular complexity index is 2290. The molecule has 8 rings (SSSR count). The molecular weight excluding hydrogens is 944 g/mol. The number of fused-ring (bicyclic) bond motifs is 2. The number of esters is 3. The lowest BCUT2D eigenvalue weighted by molar-refractivity contribution is -0.383. The fourth-order valence-electron chi connectivity index (χ4n) is 9.17. The van der Waals surface area contributed by atoms with Crippen LogP contribution in [-0.4, -0.2) is 159 Å². The number of ether oxygens (including phenoxy) is 13. The van der Waals surface area contributed by atoms with Crippen LogP contribution in [0.15, 0.2) is 96.1 Å². The average Bonchev–Trinajstić information content (AvgIpc) is 3.69. The Balaban J connectivity index is 1.14. The highest BCUT2D eigenvalue weighted by atomic mass is 35.5. The van der Waals surface area contributed by atoms with E-state index in [1.54, 1.807) is 54.6 Å². The van der Waals surface area contributed by atoms with Crippen LogP contribution in [0.2, 0.25) is 0 Å². The first-order chi connectivity index (χ1) is 34.0. The van der Waals surface area contributed by atoms with Gasteiger partial charge < -0.3 is 66.7 Å². The van der Waals surface area contributed by atoms with Gasteiger partial charge in [-0.3, -0.25) is 19.3 Å². The van der Waals surface area contributed by atoms with E-state index in [0.717, 1.165) is 19.4 Å². The highest BCUT2D eigenvalue weighted by Gasteiger charge is 2.62. The molecule has 5 heterocycles. The molecule has 1 N–H and O–H groups in total. The Morgan fingerprint density at radius 1 is 0.771 bits per heavy atom. The zero-order chi connectivity index (χ0) is 49.3. The number of azide groups is 1. The van der Waals surface area contributed by atoms with Crippen LogP contribution in [0.5, 0.6) is 0 Å². The SMILES string of the molecule is CO[C@H]1O[C@@H]2CO[C@H](c3ccccc3)O[C@@H]2[C@H](O[C@@H]2O[C@H](CO)[C@H](O[C@H]3O[C@H](COCc4ccccc4)[C@@H](OC(=O)CCl)[C@@H]4OC(=O)N(Cc5ccccc5)[C@@H]34)[C@H](OC(C)=O)[C@H]2OC(C)=O)[C@H]1N=[N+]=[N-]. The summed E-state index contributed by atoms with van der Waals surface area (Å²) in [7, 11) is 1.34. The second-order valence-electron chi connectivity index (χ2n) is 16.8. The Kier molecular flexibility index (Phi) is 17.2. The van der Waals surface area contributed by atoms with Gasteiger partial charge in [-0.05, 0) is 16.7 Å². The number of halogens is 1. The Morgan fingerprint density at radius 3 is 2.06 bits per heavy atom. The standard InChI is InChI=1S/C47H53ClN4O18/c1-25(54)61-41-36(30(21-53)63-46(42(41)62-26(2)55)69-39-34(50-51-49)44(58-3)64-32-24-60-43(67-37(32)39)29-17-11-6-12-18-29)68-45-35-40(70-47(57)52(35)20-27-13-7-4-8-14-27)38(66-33(56)19-48)31(65-45)23-59-22-28-15-9-5-10-16-28/h4-18,30-32,34-46,53H,19-24H2,1-3H3/t30-,31-,32-,34-,35-,36+,37+,38-,39-,40-,41+,42-,43+,44+,45-,46+/m1/s1. The van der Waals surface area contributed by atoms with Gasteiger partial charge in [0, 0.05) is 38.0 Å². The van der Waals surface area contributed by atoms with Gasteiger partial charge in [-0.15, -0.1) is 11.6 Å². The maximum absolute atomic E-state index is 14.0. The monoisotopic (exact) mass is 996 g/mol. The van der Waals surface area contributed by atoms with Crippen molar-refractivity contribution in [1.29, 1.82) is 0 Å². The summed E-state index contributed by atoms with van der Waals surface area (Å²) < 4.78 is 80.4. The largest absolute Gasteiger partial charge is 0.455 e. The van der Waals surface area contributed by atoms with Crippen LogP contribution < -0.4 is 0 Å². The normalized spacial score (nSPS) is 33.7. The third kappa shape index (κ3) is 11.7. The van der Waals surface area contributed by atoms with Crippen LogP contribution >= 0.6 is 11.6 Å². The van der Waals surface area contributed by atoms with Crippen molar-refractivity contribution in [3.05, 3.63) is 118 Å². The Labute approximate surface area is 406 Å². The number of carbonyl (C=O) groups excluding carboxylic acids is 4. The molecular formula is C47H53ClN4O18. The highest BCUT2D eigenvalue weighted by Crippen LogP contribution is 2.42. The number of carbonyl (C=O) groups is 4. The van der Waals surface area contributed by atoms with Gasteiger partial charge in [0.2, 0.25) is 0 Å². The predicted octanol–water partition coefficient (Wildman–Crippen LogP) is 3.98. The first kappa shape index (κ1) is 50.9. The van der Waals surface area contributed by atoms with Crippen molar-refractivity contribution >= 4 is 35.6 Å². The van der Waals surface area contributed by atoms with Crippen molar-refractivity contribution in [2.45, 2.75) is 125 Å². The molecule has 5 saturated heterocycles. The molecule has 0 spiro atoms. The van der Waals surface area contributed by atoms with Gasteiger partial charge in [0.05, 0.1) is 26.4 Å². The van der Waals surface area contributed by atoms with E-state index in [1.807, 2.05) is 36.4 Å². The van der Waals surface area contributed by atoms with Crippen LogP contribution in [0.4, 0.5) is 4.79 Å². The first-order valence-electron chi connectivity index (χ1n) is 22.5. The van der Waals surface area contributed by atoms with Gasteiger partial charge >= 0.3 is 24.0 Å². The third-order valence-electron chi connectivity index (χ3n) is 12.2. The second kappa shape index (κ2) is 23.6. The van der Waals surface area contributed by atoms with E-state index in [2.05, 4.69) is 10.0 Å². The van der Waals surface area contributed by atoms with Crippen molar-refractivity contribution in [2.24, 2.45) is 5.11 Å². The van der Waals surface area contributed by atoms with Gasteiger partial charge in [-0.1, -0.05) is 96.1 Å². The summed E-state index contributed by atoms with van der Waals surface area (Å²) in [5.41, 5.74) is 11.9. The van der Waals surface area contributed by atoms with E-state index in [4.69, 9.17) is 73.2 Å². The maximum Gasteiger partial charge on any atom is 0.411 e. The number of amides is 1. The van der Waals surface area contributed by atoms with Crippen LogP contribution in [0, 0.1) is 0 Å². The molecule has 0 unspecified atom stereocenters. The van der Waals surface area contributed by atoms with E-state index in [0.29, 0.717) is 11.1 Å². The number of benzene rings is 3. The van der Waals surface area contributed by atoms with Gasteiger partial charge in [-0.25, -0.2) is 4.79 Å². The maximum atomic E-state index is 14.0. The summed E-state index contributed by atoms with van der Waals surface area (Å²) in [6.07, 6.45) is -19.4. The number of hydrogen-bond acceptors (Lipinski definition) is 19. The zero-order valence-electron chi connectivity index (χ0n) is 38.2. The Hall–Kier alpha value is -5.46. The fourth-order valence-corrected chi connectivity index (χ4v) is 9.23. The average molecular weight is 997 g/mol. The number of rotatable bonds is 18. The minimum absolute atomic E-state index is 0.0155. The molecule has 5 aliphatic rings. The van der Waals surface area contributed by atoms with Crippen molar-refractivity contribution < 1.29 is 85.9 Å². The molecule has 1 amide bonds. The molecule has 16 atom stereocenters. The minimum Gasteiger partial charge on any atom is -0.455 e. The molecule has 376 valence electrons. The highest BCUT2D eigenvalue weighted by molar-refractivity contribution is 6.26. The van der Waals surface area contributed by atoms with E-state index in [-0.39, 0.29) is 26.4 Å². The molecule has 23 heteroatoms. The van der Waals surface area contributed by atoms with Crippen LogP contribution in [0.25, 0.3) is 10.4 Å². The van der Waals surface area contributed by atoms with Crippen LogP contribution in [0.3, 0.4) is 0 Å². The molecule has 22 nitrogen and oxygen atoms in total. The van der Waals surface area contributed by atoms with Crippen molar-refractivity contribution in [3.8, 4) is 0 Å². The lowest BCUT2D eigenvalue weighted by Crippen LogP contribution is -2.68. The molecule has 5 aliphatic heterocycles. The number of aliphatic hydroxyl groups is 1. The third-order valence-corrected chi connectivity index (χ3v) is 12.4. The molecule has 3 aromatic carbocycles. The number of alkyl halides is 1. The summed E-state index contributed by atoms with van der Waals surface area (Å²) in [6.45, 7) is 1.25. The number of nitrogens with zero attached hydrogens (tertiary/aromatic N) is 4. The lowest BCUT2D eigenvalue weighted by atomic mass is 9.94. The molecule has 0 radical (unpaired) electrons. The summed E-state index contributed by atoms with van der Waals surface area (Å²) in [5, 5.41) is 15.1. The van der Waals surface area contributed by atoms with E-state index < -0.39 is 135 Å². The number of methoxy groups -OCH3 is 1. The minimum atomic E-state index is -1.70. The van der Waals surface area contributed by atoms with E-state index >= 15 is 0 Å². The molecule has 5 fully saturated rings. The number of aliphatic hydroxyl groups excluding tert-OH is 1. The Morgan fingerprint density at radius 2 is 1.41 bits per heavy atom. The van der Waals surface area contributed by atoms with E-state index in [9.17, 15) is 29.8 Å². The molecule has 0 aromatic heterocycles. The van der Waals surface area contributed by atoms with Crippen LogP contribution in [0.1, 0.15) is 36.8 Å².